The molecule has 2 saturated heterocycles. The molecule has 1 N–H and O–H groups in total. The maximum absolute atomic E-state index is 12.7. The van der Waals surface area contributed by atoms with Crippen molar-refractivity contribution >= 4 is 28.9 Å². The second-order valence-corrected chi connectivity index (χ2v) is 9.43. The van der Waals surface area contributed by atoms with Gasteiger partial charge in [0.1, 0.15) is 18.4 Å². The van der Waals surface area contributed by atoms with Crippen molar-refractivity contribution in [2.24, 2.45) is 0 Å². The van der Waals surface area contributed by atoms with Crippen LogP contribution in [0.15, 0.2) is 57.7 Å². The lowest BCUT2D eigenvalue weighted by Gasteiger charge is -2.45. The smallest absolute Gasteiger partial charge is 0.490 e. The number of ether oxygens (including phenoxy) is 7. The first-order valence-corrected chi connectivity index (χ1v) is 12.1. The minimum atomic E-state index is -1.08. The molecule has 0 saturated carbocycles. The van der Waals surface area contributed by atoms with Gasteiger partial charge in [0.2, 0.25) is 18.1 Å². The highest BCUT2D eigenvalue weighted by molar-refractivity contribution is 5.91. The molecule has 2 aliphatic heterocycles. The van der Waals surface area contributed by atoms with Gasteiger partial charge in [-0.05, 0) is 37.6 Å². The average Bonchev–Trinajstić information content (AvgIpc) is 3.29. The molecule has 1 amide bonds. The molecular formula is C27H27NO11. The van der Waals surface area contributed by atoms with E-state index < -0.39 is 48.1 Å². The molecule has 0 radical (unpaired) electrons. The van der Waals surface area contributed by atoms with E-state index in [2.05, 4.69) is 5.32 Å². The number of anilines is 1. The Balaban J connectivity index is 1.37. The minimum absolute atomic E-state index is 0.0352. The fourth-order valence-corrected chi connectivity index (χ4v) is 4.68. The fraction of sp³-hybridized carbons (Fsp3) is 0.370. The van der Waals surface area contributed by atoms with Gasteiger partial charge in [-0.3, -0.25) is 5.32 Å². The van der Waals surface area contributed by atoms with Gasteiger partial charge in [0.15, 0.2) is 17.4 Å². The molecule has 5 rings (SSSR count). The number of amides is 1. The highest BCUT2D eigenvalue weighted by atomic mass is 16.8. The molecule has 12 heteroatoms. The summed E-state index contributed by atoms with van der Waals surface area (Å²) in [6.07, 6.45) is -5.04. The van der Waals surface area contributed by atoms with E-state index in [-0.39, 0.29) is 29.4 Å². The third kappa shape index (κ3) is 5.20. The molecule has 2 aromatic carbocycles. The summed E-state index contributed by atoms with van der Waals surface area (Å²) >= 11 is 0. The number of carbonyl (C=O) groups excluding carboxylic acids is 2. The number of fused-ring (bicyclic) bond motifs is 2. The molecule has 12 nitrogen and oxygen atoms in total. The summed E-state index contributed by atoms with van der Waals surface area (Å²) < 4.78 is 44.4. The van der Waals surface area contributed by atoms with Crippen LogP contribution in [0, 0.1) is 0 Å². The average molecular weight is 542 g/mol. The summed E-state index contributed by atoms with van der Waals surface area (Å²) in [6.45, 7) is 3.58. The van der Waals surface area contributed by atoms with Crippen LogP contribution in [-0.4, -0.2) is 56.7 Å². The Morgan fingerprint density at radius 3 is 2.49 bits per heavy atom. The van der Waals surface area contributed by atoms with E-state index in [1.807, 2.05) is 30.3 Å². The highest BCUT2D eigenvalue weighted by Gasteiger charge is 2.59. The van der Waals surface area contributed by atoms with Gasteiger partial charge in [0, 0.05) is 12.5 Å². The molecule has 0 aliphatic carbocycles. The number of hydrogen-bond donors (Lipinski definition) is 1. The maximum Gasteiger partial charge on any atom is 0.509 e. The van der Waals surface area contributed by atoms with Gasteiger partial charge in [-0.15, -0.1) is 0 Å². The molecule has 0 spiro atoms. The molecule has 0 unspecified atom stereocenters. The molecule has 2 aliphatic rings. The van der Waals surface area contributed by atoms with Crippen LogP contribution in [0.25, 0.3) is 11.0 Å². The lowest BCUT2D eigenvalue weighted by molar-refractivity contribution is -0.283. The first kappa shape index (κ1) is 26.3. The molecule has 3 aromatic rings. The van der Waals surface area contributed by atoms with Crippen LogP contribution in [0.1, 0.15) is 19.4 Å². The van der Waals surface area contributed by atoms with Gasteiger partial charge in [0.05, 0.1) is 12.7 Å². The predicted octanol–water partition coefficient (Wildman–Crippen LogP) is 3.98. The monoisotopic (exact) mass is 541 g/mol. The van der Waals surface area contributed by atoms with Gasteiger partial charge < -0.3 is 37.6 Å². The SMILES string of the molecule is COc1c(O[C@@H]2OC(C)(C)[C@H](OC)[C@@H]3OC(=O)O[C@H]23)ccc2cc(NC(=O)OCc3ccccc3)c(=O)oc12. The molecule has 2 fully saturated rings. The molecule has 206 valence electrons. The Morgan fingerprint density at radius 1 is 1.03 bits per heavy atom. The molecule has 3 heterocycles. The standard InChI is InChI=1S/C27H27NO11/c1-27(2)22(33-4)20-21(38-26(31)37-20)24(39-27)35-17-11-10-15-12-16(23(29)36-18(15)19(17)32-3)28-25(30)34-13-14-8-6-5-7-9-14/h5-12,20-22,24H,13H2,1-4H3,(H,28,30)/t20-,21+,22-,24-/m1/s1. The fourth-order valence-electron chi connectivity index (χ4n) is 4.68. The minimum Gasteiger partial charge on any atom is -0.490 e. The summed E-state index contributed by atoms with van der Waals surface area (Å²) in [4.78, 5) is 36.9. The summed E-state index contributed by atoms with van der Waals surface area (Å²) in [5.41, 5.74) is -0.975. The predicted molar refractivity (Wildman–Crippen MR) is 135 cm³/mol. The van der Waals surface area contributed by atoms with E-state index in [9.17, 15) is 14.4 Å². The summed E-state index contributed by atoms with van der Waals surface area (Å²) in [6, 6.07) is 13.7. The molecule has 39 heavy (non-hydrogen) atoms. The number of methoxy groups -OCH3 is 2. The van der Waals surface area contributed by atoms with Crippen LogP contribution in [0.2, 0.25) is 0 Å². The second kappa shape index (κ2) is 10.5. The van der Waals surface area contributed by atoms with Crippen molar-refractivity contribution in [2.75, 3.05) is 19.5 Å². The quantitative estimate of drug-likeness (QED) is 0.343. The van der Waals surface area contributed by atoms with Crippen molar-refractivity contribution < 1.29 is 47.2 Å². The van der Waals surface area contributed by atoms with E-state index in [4.69, 9.17) is 37.6 Å². The van der Waals surface area contributed by atoms with E-state index in [1.165, 1.54) is 20.3 Å². The third-order valence-electron chi connectivity index (χ3n) is 6.43. The zero-order valence-electron chi connectivity index (χ0n) is 21.6. The van der Waals surface area contributed by atoms with Crippen LogP contribution in [-0.2, 0) is 30.3 Å². The zero-order valence-corrected chi connectivity index (χ0v) is 21.6. The third-order valence-corrected chi connectivity index (χ3v) is 6.43. The Kier molecular flexibility index (Phi) is 7.06. The normalized spacial score (nSPS) is 23.3. The van der Waals surface area contributed by atoms with Crippen molar-refractivity contribution in [1.29, 1.82) is 0 Å². The lowest BCUT2D eigenvalue weighted by atomic mass is 9.89. The topological polar surface area (TPSA) is 141 Å². The lowest BCUT2D eigenvalue weighted by Crippen LogP contribution is -2.62. The van der Waals surface area contributed by atoms with Crippen molar-refractivity contribution in [3.05, 3.63) is 64.5 Å². The van der Waals surface area contributed by atoms with Gasteiger partial charge in [0.25, 0.3) is 0 Å². The van der Waals surface area contributed by atoms with Crippen molar-refractivity contribution in [1.82, 2.24) is 0 Å². The number of carbonyl (C=O) groups is 2. The van der Waals surface area contributed by atoms with Crippen molar-refractivity contribution in [2.45, 2.75) is 50.7 Å². The van der Waals surface area contributed by atoms with Crippen LogP contribution in [0.4, 0.5) is 15.3 Å². The van der Waals surface area contributed by atoms with Gasteiger partial charge in [-0.1, -0.05) is 30.3 Å². The summed E-state index contributed by atoms with van der Waals surface area (Å²) in [5.74, 6) is 0.259. The van der Waals surface area contributed by atoms with Crippen LogP contribution >= 0.6 is 0 Å². The zero-order chi connectivity index (χ0) is 27.7. The van der Waals surface area contributed by atoms with Gasteiger partial charge in [-0.25, -0.2) is 14.4 Å². The first-order valence-electron chi connectivity index (χ1n) is 12.1. The number of benzene rings is 2. The Morgan fingerprint density at radius 2 is 1.77 bits per heavy atom. The number of rotatable bonds is 7. The number of hydrogen-bond acceptors (Lipinski definition) is 11. The van der Waals surface area contributed by atoms with Gasteiger partial charge >= 0.3 is 17.9 Å². The molecule has 0 bridgehead atoms. The van der Waals surface area contributed by atoms with Crippen LogP contribution in [0.3, 0.4) is 0 Å². The first-order chi connectivity index (χ1) is 18.7. The van der Waals surface area contributed by atoms with E-state index >= 15 is 0 Å². The Labute approximate surface area is 222 Å². The van der Waals surface area contributed by atoms with E-state index in [1.54, 1.807) is 26.0 Å². The van der Waals surface area contributed by atoms with E-state index in [0.29, 0.717) is 5.39 Å². The summed E-state index contributed by atoms with van der Waals surface area (Å²) in [5, 5.41) is 2.84. The molecule has 1 aromatic heterocycles. The second-order valence-electron chi connectivity index (χ2n) is 9.43. The van der Waals surface area contributed by atoms with Crippen molar-refractivity contribution in [3.63, 3.8) is 0 Å². The van der Waals surface area contributed by atoms with Crippen LogP contribution in [0.5, 0.6) is 11.5 Å². The molecular weight excluding hydrogens is 514 g/mol. The maximum atomic E-state index is 12.7. The summed E-state index contributed by atoms with van der Waals surface area (Å²) in [7, 11) is 2.86. The highest BCUT2D eigenvalue weighted by Crippen LogP contribution is 2.41. The van der Waals surface area contributed by atoms with Crippen LogP contribution < -0.4 is 20.4 Å². The Bertz CT molecular complexity index is 1430. The largest absolute Gasteiger partial charge is 0.509 e. The number of nitrogens with one attached hydrogen (secondary N) is 1. The Hall–Kier alpha value is -4.29. The van der Waals surface area contributed by atoms with Gasteiger partial charge in [-0.2, -0.15) is 0 Å². The van der Waals surface area contributed by atoms with Crippen molar-refractivity contribution in [3.8, 4) is 11.5 Å². The van der Waals surface area contributed by atoms with E-state index in [0.717, 1.165) is 5.56 Å². The molecule has 4 atom stereocenters.